The molecule has 1 aromatic heterocycles. The molecule has 2 saturated heterocycles. The van der Waals surface area contributed by atoms with E-state index in [4.69, 9.17) is 14.7 Å². The SMILES string of the molecule is N[C@H]1C[C@@H](NCc2nnc([C@@H]3CC[C@H]4CN3C(=O)N4OS(=O)(=O)O)o2)C1. The predicted octanol–water partition coefficient (Wildman–Crippen LogP) is -0.676. The van der Waals surface area contributed by atoms with Crippen LogP contribution in [0.2, 0.25) is 0 Å². The highest BCUT2D eigenvalue weighted by Gasteiger charge is 2.49. The van der Waals surface area contributed by atoms with E-state index in [-0.39, 0.29) is 12.6 Å². The summed E-state index contributed by atoms with van der Waals surface area (Å²) in [6.45, 7) is 0.681. The van der Waals surface area contributed by atoms with Crippen LogP contribution in [0.15, 0.2) is 4.42 Å². The van der Waals surface area contributed by atoms with E-state index in [1.807, 2.05) is 0 Å². The molecule has 3 aliphatic rings. The summed E-state index contributed by atoms with van der Waals surface area (Å²) in [6, 6.07) is -0.965. The molecular formula is C13H20N6O6S. The van der Waals surface area contributed by atoms with E-state index in [0.29, 0.717) is 42.3 Å². The number of hydrogen-bond donors (Lipinski definition) is 3. The number of carbonyl (C=O) groups excluding carboxylic acids is 1. The van der Waals surface area contributed by atoms with E-state index in [2.05, 4.69) is 19.8 Å². The summed E-state index contributed by atoms with van der Waals surface area (Å²) in [5, 5.41) is 12.0. The number of urea groups is 1. The molecule has 2 bridgehead atoms. The van der Waals surface area contributed by atoms with E-state index in [0.717, 1.165) is 12.8 Å². The molecule has 0 aromatic carbocycles. The zero-order valence-electron chi connectivity index (χ0n) is 13.8. The Labute approximate surface area is 149 Å². The van der Waals surface area contributed by atoms with Gasteiger partial charge < -0.3 is 20.4 Å². The summed E-state index contributed by atoms with van der Waals surface area (Å²) < 4.78 is 40.7. The van der Waals surface area contributed by atoms with Gasteiger partial charge in [0.05, 0.1) is 12.6 Å². The van der Waals surface area contributed by atoms with Gasteiger partial charge in [0.2, 0.25) is 11.8 Å². The van der Waals surface area contributed by atoms with E-state index in [1.165, 1.54) is 4.90 Å². The Hall–Kier alpha value is -1.80. The molecule has 1 saturated carbocycles. The van der Waals surface area contributed by atoms with Crippen molar-refractivity contribution in [2.45, 2.75) is 56.4 Å². The highest BCUT2D eigenvalue weighted by atomic mass is 32.3. The second-order valence-corrected chi connectivity index (χ2v) is 7.86. The number of fused-ring (bicyclic) bond motifs is 2. The van der Waals surface area contributed by atoms with Crippen molar-refractivity contribution in [2.24, 2.45) is 5.73 Å². The van der Waals surface area contributed by atoms with Gasteiger partial charge >= 0.3 is 16.4 Å². The zero-order valence-corrected chi connectivity index (χ0v) is 14.6. The Morgan fingerprint density at radius 1 is 1.35 bits per heavy atom. The molecule has 3 heterocycles. The fourth-order valence-corrected chi connectivity index (χ4v) is 4.01. The van der Waals surface area contributed by atoms with Crippen molar-refractivity contribution in [3.05, 3.63) is 11.8 Å². The van der Waals surface area contributed by atoms with Crippen LogP contribution in [0.1, 0.15) is 43.5 Å². The number of carbonyl (C=O) groups is 1. The maximum absolute atomic E-state index is 12.4. The van der Waals surface area contributed by atoms with Gasteiger partial charge in [-0.2, -0.15) is 13.5 Å². The van der Waals surface area contributed by atoms with Gasteiger partial charge in [-0.05, 0) is 25.7 Å². The number of amides is 2. The first kappa shape index (κ1) is 17.6. The molecule has 0 unspecified atom stereocenters. The lowest BCUT2D eigenvalue weighted by Crippen LogP contribution is -2.48. The molecule has 2 aliphatic heterocycles. The zero-order chi connectivity index (χ0) is 18.5. The molecule has 12 nitrogen and oxygen atoms in total. The largest absolute Gasteiger partial charge is 0.422 e. The number of nitrogens with zero attached hydrogens (tertiary/aromatic N) is 4. The van der Waals surface area contributed by atoms with Gasteiger partial charge in [-0.1, -0.05) is 0 Å². The maximum atomic E-state index is 12.4. The molecule has 1 aromatic rings. The standard InChI is InChI=1S/C13H20N6O6S/c14-7-3-8(4-7)15-5-11-16-17-12(24-11)10-2-1-9-6-18(10)13(20)19(9)25-26(21,22)23/h7-10,15H,1-6,14H2,(H,21,22,23)/t7-,8+,9-,10-/m0/s1. The molecule has 2 atom stereocenters. The minimum atomic E-state index is -4.76. The average Bonchev–Trinajstić information content (AvgIpc) is 3.10. The molecule has 3 fully saturated rings. The van der Waals surface area contributed by atoms with Crippen molar-refractivity contribution in [3.8, 4) is 0 Å². The van der Waals surface area contributed by atoms with Crippen LogP contribution in [0.3, 0.4) is 0 Å². The predicted molar refractivity (Wildman–Crippen MR) is 84.5 cm³/mol. The summed E-state index contributed by atoms with van der Waals surface area (Å²) in [4.78, 5) is 13.8. The van der Waals surface area contributed by atoms with Crippen molar-refractivity contribution < 1.29 is 26.5 Å². The first-order chi connectivity index (χ1) is 12.3. The monoisotopic (exact) mass is 388 g/mol. The Morgan fingerprint density at radius 3 is 2.81 bits per heavy atom. The highest BCUT2D eigenvalue weighted by Crippen LogP contribution is 2.38. The molecule has 1 aliphatic carbocycles. The second kappa shape index (κ2) is 6.42. The average molecular weight is 388 g/mol. The van der Waals surface area contributed by atoms with Crippen LogP contribution in [0.5, 0.6) is 0 Å². The molecule has 0 spiro atoms. The minimum Gasteiger partial charge on any atom is -0.422 e. The Kier molecular flexibility index (Phi) is 4.35. The van der Waals surface area contributed by atoms with Crippen LogP contribution in [0.25, 0.3) is 0 Å². The van der Waals surface area contributed by atoms with Crippen molar-refractivity contribution in [1.82, 2.24) is 25.5 Å². The van der Waals surface area contributed by atoms with Gasteiger partial charge in [0.1, 0.15) is 6.04 Å². The summed E-state index contributed by atoms with van der Waals surface area (Å²) in [5.41, 5.74) is 5.74. The van der Waals surface area contributed by atoms with Crippen LogP contribution in [-0.2, 0) is 21.2 Å². The number of piperidine rings is 1. The Morgan fingerprint density at radius 2 is 2.12 bits per heavy atom. The quantitative estimate of drug-likeness (QED) is 0.532. The smallest absolute Gasteiger partial charge is 0.418 e. The molecule has 4 N–H and O–H groups in total. The third-order valence-electron chi connectivity index (χ3n) is 4.98. The molecule has 2 amide bonds. The van der Waals surface area contributed by atoms with Crippen LogP contribution < -0.4 is 11.1 Å². The summed E-state index contributed by atoms with van der Waals surface area (Å²) in [6.07, 6.45) is 2.83. The maximum Gasteiger partial charge on any atom is 0.418 e. The minimum absolute atomic E-state index is 0.245. The Balaban J connectivity index is 1.40. The normalized spacial score (nSPS) is 31.4. The van der Waals surface area contributed by atoms with E-state index < -0.39 is 28.5 Å². The van der Waals surface area contributed by atoms with Crippen molar-refractivity contribution in [3.63, 3.8) is 0 Å². The number of nitrogens with two attached hydrogens (primary N) is 1. The van der Waals surface area contributed by atoms with E-state index in [1.54, 1.807) is 0 Å². The van der Waals surface area contributed by atoms with Crippen molar-refractivity contribution in [1.29, 1.82) is 0 Å². The summed E-state index contributed by atoms with van der Waals surface area (Å²) in [7, 11) is -4.76. The number of hydroxylamine groups is 2. The van der Waals surface area contributed by atoms with Crippen LogP contribution in [-0.4, -0.2) is 63.8 Å². The van der Waals surface area contributed by atoms with E-state index >= 15 is 0 Å². The fourth-order valence-electron chi connectivity index (χ4n) is 3.62. The van der Waals surface area contributed by atoms with Gasteiger partial charge in [0, 0.05) is 18.6 Å². The number of rotatable bonds is 6. The summed E-state index contributed by atoms with van der Waals surface area (Å²) in [5.74, 6) is 0.716. The third-order valence-corrected chi connectivity index (χ3v) is 5.33. The van der Waals surface area contributed by atoms with Gasteiger partial charge in [-0.25, -0.2) is 4.79 Å². The van der Waals surface area contributed by atoms with Crippen LogP contribution in [0.4, 0.5) is 4.79 Å². The number of hydrogen-bond acceptors (Lipinski definition) is 9. The first-order valence-electron chi connectivity index (χ1n) is 8.38. The number of nitrogens with one attached hydrogen (secondary N) is 1. The lowest BCUT2D eigenvalue weighted by atomic mass is 9.88. The van der Waals surface area contributed by atoms with Gasteiger partial charge in [0.25, 0.3) is 0 Å². The van der Waals surface area contributed by atoms with Crippen LogP contribution >= 0.6 is 0 Å². The van der Waals surface area contributed by atoms with Gasteiger partial charge in [-0.3, -0.25) is 4.55 Å². The molecule has 4 rings (SSSR count). The molecule has 144 valence electrons. The van der Waals surface area contributed by atoms with E-state index in [9.17, 15) is 13.2 Å². The molecule has 13 heteroatoms. The molecule has 26 heavy (non-hydrogen) atoms. The second-order valence-electron chi connectivity index (χ2n) is 6.85. The first-order valence-corrected chi connectivity index (χ1v) is 9.75. The summed E-state index contributed by atoms with van der Waals surface area (Å²) >= 11 is 0. The van der Waals surface area contributed by atoms with Crippen molar-refractivity contribution in [2.75, 3.05) is 6.54 Å². The topological polar surface area (TPSA) is 164 Å². The van der Waals surface area contributed by atoms with Crippen molar-refractivity contribution >= 4 is 16.4 Å². The van der Waals surface area contributed by atoms with Crippen LogP contribution in [0, 0.1) is 0 Å². The third kappa shape index (κ3) is 3.40. The van der Waals surface area contributed by atoms with Gasteiger partial charge in [-0.15, -0.1) is 14.5 Å². The molecular weight excluding hydrogens is 368 g/mol. The molecule has 0 radical (unpaired) electrons. The number of aromatic nitrogens is 2. The Bertz CT molecular complexity index is 793. The fraction of sp³-hybridized carbons (Fsp3) is 0.769. The highest BCUT2D eigenvalue weighted by molar-refractivity contribution is 7.80. The lowest BCUT2D eigenvalue weighted by Gasteiger charge is -2.32. The van der Waals surface area contributed by atoms with Gasteiger partial charge in [0.15, 0.2) is 0 Å². The lowest BCUT2D eigenvalue weighted by molar-refractivity contribution is -0.0317.